The van der Waals surface area contributed by atoms with Gasteiger partial charge in [-0.2, -0.15) is 0 Å². The topological polar surface area (TPSA) is 40.5 Å². The van der Waals surface area contributed by atoms with Gasteiger partial charge in [0.05, 0.1) is 12.7 Å². The third-order valence-corrected chi connectivity index (χ3v) is 5.31. The van der Waals surface area contributed by atoms with Crippen molar-refractivity contribution in [2.75, 3.05) is 6.61 Å². The average molecular weight is 238 g/mol. The molecule has 2 aliphatic carbocycles. The van der Waals surface area contributed by atoms with Gasteiger partial charge in [0.1, 0.15) is 0 Å². The monoisotopic (exact) mass is 238 g/mol. The minimum Gasteiger partial charge on any atom is -0.393 e. The number of rotatable bonds is 2. The molecule has 2 nitrogen and oxygen atoms in total. The van der Waals surface area contributed by atoms with Crippen LogP contribution in [0.2, 0.25) is 0 Å². The lowest BCUT2D eigenvalue weighted by Gasteiger charge is -2.52. The quantitative estimate of drug-likeness (QED) is 0.726. The Bertz CT molecular complexity index is 299. The van der Waals surface area contributed by atoms with Crippen molar-refractivity contribution in [3.63, 3.8) is 0 Å². The van der Waals surface area contributed by atoms with Crippen LogP contribution in [0.3, 0.4) is 0 Å². The van der Waals surface area contributed by atoms with Gasteiger partial charge in [-0.25, -0.2) is 0 Å². The van der Waals surface area contributed by atoms with Crippen LogP contribution in [0.1, 0.15) is 46.0 Å². The smallest absolute Gasteiger partial charge is 0.0641 e. The van der Waals surface area contributed by atoms with E-state index in [1.807, 2.05) is 0 Å². The normalized spacial score (nSPS) is 46.4. The van der Waals surface area contributed by atoms with E-state index in [-0.39, 0.29) is 12.7 Å². The van der Waals surface area contributed by atoms with Crippen LogP contribution in [0.25, 0.3) is 0 Å². The maximum atomic E-state index is 9.95. The Morgan fingerprint density at radius 3 is 2.76 bits per heavy atom. The predicted molar refractivity (Wildman–Crippen MR) is 69.6 cm³/mol. The molecule has 0 radical (unpaired) electrons. The molecule has 0 spiro atoms. The van der Waals surface area contributed by atoms with Gasteiger partial charge < -0.3 is 10.2 Å². The van der Waals surface area contributed by atoms with E-state index in [9.17, 15) is 10.2 Å². The Hall–Kier alpha value is -0.340. The summed E-state index contributed by atoms with van der Waals surface area (Å²) in [4.78, 5) is 0. The molecule has 2 saturated carbocycles. The minimum atomic E-state index is -0.108. The van der Waals surface area contributed by atoms with E-state index < -0.39 is 0 Å². The Labute approximate surface area is 105 Å². The molecular weight excluding hydrogens is 212 g/mol. The second-order valence-electron chi connectivity index (χ2n) is 6.62. The zero-order valence-electron chi connectivity index (χ0n) is 11.2. The summed E-state index contributed by atoms with van der Waals surface area (Å²) in [5.41, 5.74) is 1.31. The molecule has 0 aromatic heterocycles. The van der Waals surface area contributed by atoms with Crippen molar-refractivity contribution in [2.24, 2.45) is 23.2 Å². The highest BCUT2D eigenvalue weighted by molar-refractivity contribution is 5.07. The summed E-state index contributed by atoms with van der Waals surface area (Å²) in [6.45, 7) is 8.74. The van der Waals surface area contributed by atoms with E-state index >= 15 is 0 Å². The largest absolute Gasteiger partial charge is 0.393 e. The molecule has 5 atom stereocenters. The van der Waals surface area contributed by atoms with Crippen molar-refractivity contribution >= 4 is 0 Å². The maximum absolute atomic E-state index is 9.95. The van der Waals surface area contributed by atoms with Crippen LogP contribution in [0, 0.1) is 23.2 Å². The molecule has 98 valence electrons. The van der Waals surface area contributed by atoms with Gasteiger partial charge in [-0.1, -0.05) is 20.4 Å². The average Bonchev–Trinajstić information content (AvgIpc) is 2.26. The molecule has 2 rings (SSSR count). The summed E-state index contributed by atoms with van der Waals surface area (Å²) in [5, 5.41) is 19.2. The SMILES string of the molecule is C=C(CO)C1CC[C@@]2(C)C[C@@H](O)C[C@@H](C)[C@@H]2C1. The van der Waals surface area contributed by atoms with Crippen LogP contribution in [-0.2, 0) is 0 Å². The van der Waals surface area contributed by atoms with Gasteiger partial charge in [0.2, 0.25) is 0 Å². The van der Waals surface area contributed by atoms with Crippen molar-refractivity contribution in [3.8, 4) is 0 Å². The summed E-state index contributed by atoms with van der Waals surface area (Å²) in [6.07, 6.45) is 5.25. The van der Waals surface area contributed by atoms with Crippen LogP contribution in [0.5, 0.6) is 0 Å². The van der Waals surface area contributed by atoms with Crippen LogP contribution < -0.4 is 0 Å². The van der Waals surface area contributed by atoms with E-state index in [0.29, 0.717) is 23.2 Å². The van der Waals surface area contributed by atoms with Gasteiger partial charge in [-0.3, -0.25) is 0 Å². The van der Waals surface area contributed by atoms with Gasteiger partial charge in [0, 0.05) is 0 Å². The van der Waals surface area contributed by atoms with Gasteiger partial charge in [0.25, 0.3) is 0 Å². The zero-order valence-corrected chi connectivity index (χ0v) is 11.2. The van der Waals surface area contributed by atoms with Crippen LogP contribution in [-0.4, -0.2) is 22.9 Å². The van der Waals surface area contributed by atoms with Gasteiger partial charge >= 0.3 is 0 Å². The summed E-state index contributed by atoms with van der Waals surface area (Å²) >= 11 is 0. The third-order valence-electron chi connectivity index (χ3n) is 5.31. The third kappa shape index (κ3) is 2.43. The zero-order chi connectivity index (χ0) is 12.6. The van der Waals surface area contributed by atoms with Crippen molar-refractivity contribution in [2.45, 2.75) is 52.1 Å². The lowest BCUT2D eigenvalue weighted by atomic mass is 9.54. The number of aliphatic hydroxyl groups excluding tert-OH is 2. The van der Waals surface area contributed by atoms with Crippen LogP contribution in [0.15, 0.2) is 12.2 Å². The molecule has 0 bridgehead atoms. The first-order chi connectivity index (χ1) is 7.96. The predicted octanol–water partition coefficient (Wildman–Crippen LogP) is 2.75. The van der Waals surface area contributed by atoms with E-state index in [1.54, 1.807) is 0 Å². The fourth-order valence-electron chi connectivity index (χ4n) is 4.29. The van der Waals surface area contributed by atoms with Crippen molar-refractivity contribution in [3.05, 3.63) is 12.2 Å². The molecular formula is C15H26O2. The summed E-state index contributed by atoms with van der Waals surface area (Å²) in [5.74, 6) is 1.78. The van der Waals surface area contributed by atoms with Gasteiger partial charge in [-0.05, 0) is 60.8 Å². The summed E-state index contributed by atoms with van der Waals surface area (Å²) < 4.78 is 0. The Kier molecular flexibility index (Phi) is 3.65. The fourth-order valence-corrected chi connectivity index (χ4v) is 4.29. The molecule has 0 saturated heterocycles. The Morgan fingerprint density at radius 1 is 1.41 bits per heavy atom. The summed E-state index contributed by atoms with van der Waals surface area (Å²) in [7, 11) is 0. The Balaban J connectivity index is 2.11. The molecule has 0 aromatic carbocycles. The first-order valence-electron chi connectivity index (χ1n) is 6.93. The molecule has 2 heteroatoms. The summed E-state index contributed by atoms with van der Waals surface area (Å²) in [6, 6.07) is 0. The standard InChI is InChI=1S/C15H26O2/c1-10-6-13(17)8-15(3)5-4-12(7-14(10)15)11(2)9-16/h10,12-14,16-17H,2,4-9H2,1,3H3/t10-,12?,13+,14+,15+/m1/s1. The van der Waals surface area contributed by atoms with E-state index in [2.05, 4.69) is 20.4 Å². The lowest BCUT2D eigenvalue weighted by Crippen LogP contribution is -2.45. The second kappa shape index (κ2) is 4.74. The first kappa shape index (κ1) is 13.1. The molecule has 17 heavy (non-hydrogen) atoms. The number of aliphatic hydroxyl groups is 2. The van der Waals surface area contributed by atoms with Crippen molar-refractivity contribution in [1.29, 1.82) is 0 Å². The fraction of sp³-hybridized carbons (Fsp3) is 0.867. The molecule has 0 aromatic rings. The Morgan fingerprint density at radius 2 is 2.12 bits per heavy atom. The lowest BCUT2D eigenvalue weighted by molar-refractivity contribution is -0.0556. The first-order valence-corrected chi connectivity index (χ1v) is 6.93. The minimum absolute atomic E-state index is 0.108. The molecule has 0 heterocycles. The van der Waals surface area contributed by atoms with E-state index in [4.69, 9.17) is 0 Å². The number of hydrogen-bond donors (Lipinski definition) is 2. The van der Waals surface area contributed by atoms with Crippen LogP contribution in [0.4, 0.5) is 0 Å². The molecule has 1 unspecified atom stereocenters. The molecule has 2 fully saturated rings. The highest BCUT2D eigenvalue weighted by Crippen LogP contribution is 2.54. The molecule has 2 aliphatic rings. The van der Waals surface area contributed by atoms with Crippen molar-refractivity contribution in [1.82, 2.24) is 0 Å². The van der Waals surface area contributed by atoms with E-state index in [1.165, 1.54) is 6.42 Å². The molecule has 2 N–H and O–H groups in total. The second-order valence-corrected chi connectivity index (χ2v) is 6.62. The molecule has 0 amide bonds. The highest BCUT2D eigenvalue weighted by Gasteiger charge is 2.47. The maximum Gasteiger partial charge on any atom is 0.0641 e. The number of hydrogen-bond acceptors (Lipinski definition) is 2. The highest BCUT2D eigenvalue weighted by atomic mass is 16.3. The van der Waals surface area contributed by atoms with Crippen molar-refractivity contribution < 1.29 is 10.2 Å². The van der Waals surface area contributed by atoms with E-state index in [0.717, 1.165) is 31.3 Å². The number of fused-ring (bicyclic) bond motifs is 1. The van der Waals surface area contributed by atoms with Gasteiger partial charge in [0.15, 0.2) is 0 Å². The van der Waals surface area contributed by atoms with Gasteiger partial charge in [-0.15, -0.1) is 0 Å². The molecule has 0 aliphatic heterocycles. The van der Waals surface area contributed by atoms with Crippen LogP contribution >= 0.6 is 0 Å².